The molecule has 0 saturated carbocycles. The Bertz CT molecular complexity index is 831. The highest BCUT2D eigenvalue weighted by molar-refractivity contribution is 5.87. The highest BCUT2D eigenvalue weighted by atomic mass is 16.5. The van der Waals surface area contributed by atoms with Crippen LogP contribution < -0.4 is 4.74 Å². The molecule has 150 valence electrons. The molecule has 0 radical (unpaired) electrons. The zero-order valence-electron chi connectivity index (χ0n) is 16.8. The van der Waals surface area contributed by atoms with Crippen molar-refractivity contribution in [2.24, 2.45) is 0 Å². The molecular weight excluding hydrogens is 358 g/mol. The van der Waals surface area contributed by atoms with Gasteiger partial charge in [-0.1, -0.05) is 0 Å². The minimum absolute atomic E-state index is 0.0533. The van der Waals surface area contributed by atoms with E-state index in [2.05, 4.69) is 15.1 Å². The molecule has 0 aliphatic carbocycles. The number of H-pyrrole nitrogens is 1. The minimum atomic E-state index is -0.461. The lowest BCUT2D eigenvalue weighted by Crippen LogP contribution is -2.59. The second-order valence-electron chi connectivity index (χ2n) is 7.19. The molecule has 0 bridgehead atoms. The van der Waals surface area contributed by atoms with Gasteiger partial charge >= 0.3 is 0 Å². The Kier molecular flexibility index (Phi) is 5.99. The number of carbonyl (C=O) groups excluding carboxylic acids is 2. The van der Waals surface area contributed by atoms with E-state index in [1.54, 1.807) is 31.0 Å². The van der Waals surface area contributed by atoms with E-state index >= 15 is 0 Å². The molecule has 0 unspecified atom stereocenters. The molecule has 1 aliphatic rings. The van der Waals surface area contributed by atoms with Crippen LogP contribution in [-0.4, -0.2) is 83.6 Å². The number of methoxy groups -OCH3 is 1. The van der Waals surface area contributed by atoms with E-state index < -0.39 is 6.04 Å². The lowest BCUT2D eigenvalue weighted by atomic mass is 10.1. The van der Waals surface area contributed by atoms with Gasteiger partial charge in [0.05, 0.1) is 19.0 Å². The van der Waals surface area contributed by atoms with Crippen molar-refractivity contribution >= 4 is 11.8 Å². The largest absolute Gasteiger partial charge is 0.497 e. The third kappa shape index (κ3) is 4.17. The van der Waals surface area contributed by atoms with Crippen LogP contribution in [0.5, 0.6) is 5.75 Å². The zero-order chi connectivity index (χ0) is 20.3. The lowest BCUT2D eigenvalue weighted by Gasteiger charge is -2.41. The smallest absolute Gasteiger partial charge is 0.246 e. The van der Waals surface area contributed by atoms with Crippen LogP contribution in [0.15, 0.2) is 30.5 Å². The second kappa shape index (κ2) is 8.43. The third-order valence-corrected chi connectivity index (χ3v) is 5.09. The molecule has 1 aromatic carbocycles. The topological polar surface area (TPSA) is 81.8 Å². The predicted molar refractivity (Wildman–Crippen MR) is 106 cm³/mol. The molecule has 2 aromatic rings. The monoisotopic (exact) mass is 385 g/mol. The van der Waals surface area contributed by atoms with Crippen molar-refractivity contribution in [1.29, 1.82) is 0 Å². The molecule has 0 spiro atoms. The Morgan fingerprint density at radius 1 is 1.25 bits per heavy atom. The SMILES string of the molecule is COc1ccc(-c2[nH]ncc2CN2CCN(C(C)=O)[C@H](C(=O)N(C)C)C2)cc1. The van der Waals surface area contributed by atoms with Gasteiger partial charge in [0.2, 0.25) is 11.8 Å². The first kappa shape index (κ1) is 19.9. The van der Waals surface area contributed by atoms with Crippen LogP contribution in [0.4, 0.5) is 0 Å². The number of amides is 2. The second-order valence-corrected chi connectivity index (χ2v) is 7.19. The summed E-state index contributed by atoms with van der Waals surface area (Å²) < 4.78 is 5.22. The number of rotatable bonds is 5. The van der Waals surface area contributed by atoms with Gasteiger partial charge in [-0.15, -0.1) is 0 Å². The van der Waals surface area contributed by atoms with Gasteiger partial charge in [-0.3, -0.25) is 19.6 Å². The van der Waals surface area contributed by atoms with E-state index in [1.165, 1.54) is 6.92 Å². The Morgan fingerprint density at radius 2 is 1.96 bits per heavy atom. The number of ether oxygens (including phenoxy) is 1. The molecular formula is C20H27N5O3. The number of nitrogens with one attached hydrogen (secondary N) is 1. The summed E-state index contributed by atoms with van der Waals surface area (Å²) in [5.41, 5.74) is 3.03. The van der Waals surface area contributed by atoms with E-state index in [1.807, 2.05) is 30.5 Å². The van der Waals surface area contributed by atoms with Crippen LogP contribution in [0.1, 0.15) is 12.5 Å². The summed E-state index contributed by atoms with van der Waals surface area (Å²) in [6, 6.07) is 7.34. The first-order chi connectivity index (χ1) is 13.4. The van der Waals surface area contributed by atoms with Crippen LogP contribution in [-0.2, 0) is 16.1 Å². The minimum Gasteiger partial charge on any atom is -0.497 e. The number of carbonyl (C=O) groups is 2. The highest BCUT2D eigenvalue weighted by Crippen LogP contribution is 2.25. The number of hydrogen-bond acceptors (Lipinski definition) is 5. The van der Waals surface area contributed by atoms with Gasteiger partial charge in [0.25, 0.3) is 0 Å². The molecule has 28 heavy (non-hydrogen) atoms. The van der Waals surface area contributed by atoms with Crippen molar-refractivity contribution in [1.82, 2.24) is 24.9 Å². The fraction of sp³-hybridized carbons (Fsp3) is 0.450. The summed E-state index contributed by atoms with van der Waals surface area (Å²) >= 11 is 0. The van der Waals surface area contributed by atoms with Crippen molar-refractivity contribution < 1.29 is 14.3 Å². The van der Waals surface area contributed by atoms with Gasteiger partial charge in [-0.05, 0) is 24.3 Å². The number of hydrogen-bond donors (Lipinski definition) is 1. The number of nitrogens with zero attached hydrogens (tertiary/aromatic N) is 4. The van der Waals surface area contributed by atoms with E-state index in [0.717, 1.165) is 22.6 Å². The van der Waals surface area contributed by atoms with Crippen molar-refractivity contribution in [2.75, 3.05) is 40.8 Å². The predicted octanol–water partition coefficient (Wildman–Crippen LogP) is 1.21. The van der Waals surface area contributed by atoms with E-state index in [4.69, 9.17) is 4.74 Å². The molecule has 2 heterocycles. The zero-order valence-corrected chi connectivity index (χ0v) is 16.8. The maximum Gasteiger partial charge on any atom is 0.246 e. The summed E-state index contributed by atoms with van der Waals surface area (Å²) in [6.07, 6.45) is 1.82. The maximum absolute atomic E-state index is 12.6. The van der Waals surface area contributed by atoms with Crippen LogP contribution >= 0.6 is 0 Å². The van der Waals surface area contributed by atoms with Gasteiger partial charge < -0.3 is 14.5 Å². The van der Waals surface area contributed by atoms with E-state index in [9.17, 15) is 9.59 Å². The maximum atomic E-state index is 12.6. The van der Waals surface area contributed by atoms with Crippen LogP contribution in [0.25, 0.3) is 11.3 Å². The summed E-state index contributed by atoms with van der Waals surface area (Å²) in [5, 5.41) is 7.28. The van der Waals surface area contributed by atoms with Gasteiger partial charge in [-0.25, -0.2) is 0 Å². The Labute approximate surface area is 165 Å². The van der Waals surface area contributed by atoms with Gasteiger partial charge in [-0.2, -0.15) is 5.10 Å². The summed E-state index contributed by atoms with van der Waals surface area (Å²) in [4.78, 5) is 30.0. The molecule has 2 amide bonds. The Balaban J connectivity index is 1.76. The van der Waals surface area contributed by atoms with E-state index in [-0.39, 0.29) is 11.8 Å². The standard InChI is InChI=1S/C20H27N5O3/c1-14(26)25-10-9-24(13-18(25)20(27)23(2)3)12-16-11-21-22-19(16)15-5-7-17(28-4)8-6-15/h5-8,11,18H,9-10,12-13H2,1-4H3,(H,21,22)/t18-/m0/s1. The van der Waals surface area contributed by atoms with Gasteiger partial charge in [0.15, 0.2) is 0 Å². The molecule has 8 nitrogen and oxygen atoms in total. The molecule has 1 saturated heterocycles. The van der Waals surface area contributed by atoms with Crippen LogP contribution in [0.3, 0.4) is 0 Å². The molecule has 1 atom stereocenters. The lowest BCUT2D eigenvalue weighted by molar-refractivity contribution is -0.146. The molecule has 1 aromatic heterocycles. The first-order valence-corrected chi connectivity index (χ1v) is 9.28. The highest BCUT2D eigenvalue weighted by Gasteiger charge is 2.35. The number of benzene rings is 1. The van der Waals surface area contributed by atoms with Crippen molar-refractivity contribution in [3.8, 4) is 17.0 Å². The summed E-state index contributed by atoms with van der Waals surface area (Å²) in [6.45, 7) is 3.92. The Hall–Kier alpha value is -2.87. The fourth-order valence-corrected chi connectivity index (χ4v) is 3.55. The number of piperazine rings is 1. The van der Waals surface area contributed by atoms with E-state index in [0.29, 0.717) is 26.2 Å². The summed E-state index contributed by atoms with van der Waals surface area (Å²) in [5.74, 6) is 0.680. The quantitative estimate of drug-likeness (QED) is 0.837. The van der Waals surface area contributed by atoms with Gasteiger partial charge in [0, 0.05) is 58.3 Å². The van der Waals surface area contributed by atoms with Crippen molar-refractivity contribution in [3.05, 3.63) is 36.0 Å². The molecule has 1 aliphatic heterocycles. The van der Waals surface area contributed by atoms with Crippen molar-refractivity contribution in [2.45, 2.75) is 19.5 Å². The molecule has 3 rings (SSSR count). The summed E-state index contributed by atoms with van der Waals surface area (Å²) in [7, 11) is 5.08. The number of likely N-dealkylation sites (N-methyl/N-ethyl adjacent to an activating group) is 1. The van der Waals surface area contributed by atoms with Crippen LogP contribution in [0, 0.1) is 0 Å². The molecule has 1 N–H and O–H groups in total. The van der Waals surface area contributed by atoms with Crippen LogP contribution in [0.2, 0.25) is 0 Å². The van der Waals surface area contributed by atoms with Gasteiger partial charge in [0.1, 0.15) is 11.8 Å². The third-order valence-electron chi connectivity index (χ3n) is 5.09. The first-order valence-electron chi connectivity index (χ1n) is 9.28. The number of aromatic amines is 1. The van der Waals surface area contributed by atoms with Crippen molar-refractivity contribution in [3.63, 3.8) is 0 Å². The molecule has 1 fully saturated rings. The normalized spacial score (nSPS) is 17.4. The average Bonchev–Trinajstić information content (AvgIpc) is 3.15. The fourth-order valence-electron chi connectivity index (χ4n) is 3.55. The number of aromatic nitrogens is 2. The average molecular weight is 385 g/mol. The Morgan fingerprint density at radius 3 is 2.57 bits per heavy atom. The molecule has 8 heteroatoms.